The van der Waals surface area contributed by atoms with E-state index < -0.39 is 0 Å². The van der Waals surface area contributed by atoms with Gasteiger partial charge in [0.05, 0.1) is 6.07 Å². The molecule has 0 radical (unpaired) electrons. The van der Waals surface area contributed by atoms with E-state index in [1.54, 1.807) is 0 Å². The molecule has 68 valence electrons. The first-order valence-electron chi connectivity index (χ1n) is 5.03. The Hall–Kier alpha value is -0.550. The number of unbranched alkanes of at least 4 members (excludes halogenated alkanes) is 1. The molecule has 0 aliphatic carbocycles. The van der Waals surface area contributed by atoms with Crippen LogP contribution in [0.3, 0.4) is 0 Å². The van der Waals surface area contributed by atoms with Crippen LogP contribution >= 0.6 is 0 Å². The van der Waals surface area contributed by atoms with Gasteiger partial charge in [-0.05, 0) is 38.9 Å². The lowest BCUT2D eigenvalue weighted by Crippen LogP contribution is -2.25. The van der Waals surface area contributed by atoms with Crippen LogP contribution in [0.15, 0.2) is 0 Å². The third kappa shape index (κ3) is 3.73. The molecule has 2 nitrogen and oxygen atoms in total. The molecule has 12 heavy (non-hydrogen) atoms. The highest BCUT2D eigenvalue weighted by Crippen LogP contribution is 2.09. The number of hydrogen-bond donors (Lipinski definition) is 0. The van der Waals surface area contributed by atoms with E-state index in [1.165, 1.54) is 38.8 Å². The lowest BCUT2D eigenvalue weighted by atomic mass is 10.2. The van der Waals surface area contributed by atoms with Gasteiger partial charge < -0.3 is 4.90 Å². The van der Waals surface area contributed by atoms with Gasteiger partial charge >= 0.3 is 0 Å². The van der Waals surface area contributed by atoms with Gasteiger partial charge in [0.25, 0.3) is 0 Å². The van der Waals surface area contributed by atoms with Gasteiger partial charge in [0.1, 0.15) is 0 Å². The molecular weight excluding hydrogens is 148 g/mol. The third-order valence-electron chi connectivity index (χ3n) is 2.46. The summed E-state index contributed by atoms with van der Waals surface area (Å²) in [6, 6.07) is 2.20. The summed E-state index contributed by atoms with van der Waals surface area (Å²) in [5.74, 6) is 0. The summed E-state index contributed by atoms with van der Waals surface area (Å²) in [5.41, 5.74) is 0. The molecule has 0 aromatic heterocycles. The van der Waals surface area contributed by atoms with Crippen LogP contribution in [0.2, 0.25) is 0 Å². The molecule has 0 N–H and O–H groups in total. The lowest BCUT2D eigenvalue weighted by Gasteiger charge is -2.18. The summed E-state index contributed by atoms with van der Waals surface area (Å²) < 4.78 is 0. The molecule has 1 heterocycles. The maximum atomic E-state index is 8.38. The first kappa shape index (κ1) is 9.54. The van der Waals surface area contributed by atoms with Crippen molar-refractivity contribution in [1.29, 1.82) is 5.26 Å². The van der Waals surface area contributed by atoms with Crippen LogP contribution in [0.5, 0.6) is 0 Å². The van der Waals surface area contributed by atoms with Crippen molar-refractivity contribution in [3.63, 3.8) is 0 Å². The van der Waals surface area contributed by atoms with Crippen LogP contribution in [0.4, 0.5) is 0 Å². The Kier molecular flexibility index (Phi) is 4.79. The molecule has 1 rings (SSSR count). The van der Waals surface area contributed by atoms with Gasteiger partial charge in [-0.1, -0.05) is 12.8 Å². The van der Waals surface area contributed by atoms with Crippen molar-refractivity contribution in [1.82, 2.24) is 4.90 Å². The maximum absolute atomic E-state index is 8.38. The SMILES string of the molecule is N#CCCCN1CCCCCC1. The molecule has 1 fully saturated rings. The van der Waals surface area contributed by atoms with E-state index in [0.29, 0.717) is 0 Å². The first-order valence-corrected chi connectivity index (χ1v) is 5.03. The molecule has 1 saturated heterocycles. The Morgan fingerprint density at radius 3 is 2.33 bits per heavy atom. The fourth-order valence-corrected chi connectivity index (χ4v) is 1.74. The highest BCUT2D eigenvalue weighted by atomic mass is 15.1. The molecule has 0 amide bonds. The quantitative estimate of drug-likeness (QED) is 0.601. The largest absolute Gasteiger partial charge is 0.303 e. The molecule has 0 bridgehead atoms. The van der Waals surface area contributed by atoms with E-state index in [9.17, 15) is 0 Å². The van der Waals surface area contributed by atoms with Gasteiger partial charge in [-0.2, -0.15) is 5.26 Å². The van der Waals surface area contributed by atoms with Crippen LogP contribution in [0, 0.1) is 11.3 Å². The zero-order chi connectivity index (χ0) is 8.65. The van der Waals surface area contributed by atoms with Crippen molar-refractivity contribution < 1.29 is 0 Å². The lowest BCUT2D eigenvalue weighted by molar-refractivity contribution is 0.283. The van der Waals surface area contributed by atoms with E-state index >= 15 is 0 Å². The van der Waals surface area contributed by atoms with Crippen molar-refractivity contribution in [2.24, 2.45) is 0 Å². The molecule has 2 heteroatoms. The second kappa shape index (κ2) is 6.02. The smallest absolute Gasteiger partial charge is 0.0622 e. The zero-order valence-corrected chi connectivity index (χ0v) is 7.76. The minimum atomic E-state index is 0.719. The monoisotopic (exact) mass is 166 g/mol. The number of likely N-dealkylation sites (tertiary alicyclic amines) is 1. The average molecular weight is 166 g/mol. The van der Waals surface area contributed by atoms with Crippen LogP contribution in [-0.4, -0.2) is 24.5 Å². The number of hydrogen-bond acceptors (Lipinski definition) is 2. The summed E-state index contributed by atoms with van der Waals surface area (Å²) >= 11 is 0. The van der Waals surface area contributed by atoms with Gasteiger partial charge in [0.2, 0.25) is 0 Å². The summed E-state index contributed by atoms with van der Waals surface area (Å²) in [6.45, 7) is 3.64. The minimum absolute atomic E-state index is 0.719. The van der Waals surface area contributed by atoms with Crippen LogP contribution < -0.4 is 0 Å². The van der Waals surface area contributed by atoms with Gasteiger partial charge in [0, 0.05) is 6.42 Å². The Morgan fingerprint density at radius 2 is 1.75 bits per heavy atom. The van der Waals surface area contributed by atoms with Crippen molar-refractivity contribution >= 4 is 0 Å². The van der Waals surface area contributed by atoms with Gasteiger partial charge in [-0.3, -0.25) is 0 Å². The fourth-order valence-electron chi connectivity index (χ4n) is 1.74. The summed E-state index contributed by atoms with van der Waals surface area (Å²) in [6.07, 6.45) is 7.27. The molecule has 0 unspecified atom stereocenters. The van der Waals surface area contributed by atoms with Crippen LogP contribution in [0.1, 0.15) is 38.5 Å². The topological polar surface area (TPSA) is 27.0 Å². The molecule has 0 atom stereocenters. The van der Waals surface area contributed by atoms with Crippen LogP contribution in [0.25, 0.3) is 0 Å². The number of nitriles is 1. The summed E-state index contributed by atoms with van der Waals surface area (Å²) in [4.78, 5) is 2.50. The highest BCUT2D eigenvalue weighted by Gasteiger charge is 2.07. The highest BCUT2D eigenvalue weighted by molar-refractivity contribution is 4.71. The average Bonchev–Trinajstić information content (AvgIpc) is 2.33. The molecule has 0 saturated carbocycles. The summed E-state index contributed by atoms with van der Waals surface area (Å²) in [5, 5.41) is 8.38. The van der Waals surface area contributed by atoms with E-state index in [0.717, 1.165) is 19.4 Å². The van der Waals surface area contributed by atoms with E-state index in [4.69, 9.17) is 5.26 Å². The first-order chi connectivity index (χ1) is 5.93. The predicted octanol–water partition coefficient (Wildman–Crippen LogP) is 2.17. The second-order valence-corrected chi connectivity index (χ2v) is 3.52. The van der Waals surface area contributed by atoms with E-state index in [-0.39, 0.29) is 0 Å². The van der Waals surface area contributed by atoms with Crippen molar-refractivity contribution in [2.75, 3.05) is 19.6 Å². The Bertz CT molecular complexity index is 140. The molecule has 1 aliphatic heterocycles. The van der Waals surface area contributed by atoms with Crippen molar-refractivity contribution in [3.05, 3.63) is 0 Å². The minimum Gasteiger partial charge on any atom is -0.303 e. The Labute approximate surface area is 75.2 Å². The Balaban J connectivity index is 2.08. The second-order valence-electron chi connectivity index (χ2n) is 3.52. The molecule has 0 spiro atoms. The van der Waals surface area contributed by atoms with Crippen molar-refractivity contribution in [2.45, 2.75) is 38.5 Å². The fraction of sp³-hybridized carbons (Fsp3) is 0.900. The van der Waals surface area contributed by atoms with E-state index in [1.807, 2.05) is 0 Å². The third-order valence-corrected chi connectivity index (χ3v) is 2.46. The normalized spacial score (nSPS) is 19.9. The van der Waals surface area contributed by atoms with Gasteiger partial charge in [-0.25, -0.2) is 0 Å². The summed E-state index contributed by atoms with van der Waals surface area (Å²) in [7, 11) is 0. The van der Waals surface area contributed by atoms with Crippen LogP contribution in [-0.2, 0) is 0 Å². The number of rotatable bonds is 3. The molecule has 1 aliphatic rings. The van der Waals surface area contributed by atoms with Gasteiger partial charge in [0.15, 0.2) is 0 Å². The number of nitrogens with zero attached hydrogens (tertiary/aromatic N) is 2. The maximum Gasteiger partial charge on any atom is 0.0622 e. The molecule has 0 aromatic carbocycles. The molecule has 0 aromatic rings. The zero-order valence-electron chi connectivity index (χ0n) is 7.76. The Morgan fingerprint density at radius 1 is 1.08 bits per heavy atom. The standard InChI is InChI=1S/C10H18N2/c11-7-3-6-10-12-8-4-1-2-5-9-12/h1-6,8-10H2. The van der Waals surface area contributed by atoms with E-state index in [2.05, 4.69) is 11.0 Å². The van der Waals surface area contributed by atoms with Crippen molar-refractivity contribution in [3.8, 4) is 6.07 Å². The molecular formula is C10H18N2. The van der Waals surface area contributed by atoms with Gasteiger partial charge in [-0.15, -0.1) is 0 Å². The predicted molar refractivity (Wildman–Crippen MR) is 49.8 cm³/mol.